The topological polar surface area (TPSA) is 58.6 Å². The number of nitrogens with zero attached hydrogens (tertiary/aromatic N) is 1. The number of sulfone groups is 1. The van der Waals surface area contributed by atoms with E-state index in [1.54, 1.807) is 0 Å². The molecule has 2 aliphatic rings. The average Bonchev–Trinajstić information content (AvgIpc) is 2.69. The molecule has 0 aromatic heterocycles. The van der Waals surface area contributed by atoms with Gasteiger partial charge in [-0.1, -0.05) is 0 Å². The average molecular weight is 262 g/mol. The fourth-order valence-electron chi connectivity index (χ4n) is 2.70. The normalized spacial score (nSPS) is 38.4. The van der Waals surface area contributed by atoms with Crippen LogP contribution >= 0.6 is 0 Å². The molecule has 100 valence electrons. The smallest absolute Gasteiger partial charge is 0.153 e. The van der Waals surface area contributed by atoms with Crippen molar-refractivity contribution in [2.24, 2.45) is 5.92 Å². The summed E-state index contributed by atoms with van der Waals surface area (Å²) in [6, 6.07) is 0.535. The summed E-state index contributed by atoms with van der Waals surface area (Å²) in [6.45, 7) is 5.14. The number of nitrogens with one attached hydrogen (secondary N) is 1. The van der Waals surface area contributed by atoms with Crippen molar-refractivity contribution in [3.63, 3.8) is 0 Å². The van der Waals surface area contributed by atoms with Gasteiger partial charge in [0.15, 0.2) is 9.84 Å². The lowest BCUT2D eigenvalue weighted by Gasteiger charge is -2.35. The highest BCUT2D eigenvalue weighted by molar-refractivity contribution is 7.91. The Kier molecular flexibility index (Phi) is 4.07. The third kappa shape index (κ3) is 3.19. The molecule has 2 saturated heterocycles. The van der Waals surface area contributed by atoms with E-state index in [2.05, 4.69) is 10.2 Å². The van der Waals surface area contributed by atoms with Crippen LogP contribution in [0.5, 0.6) is 0 Å². The molecule has 2 fully saturated rings. The van der Waals surface area contributed by atoms with Crippen LogP contribution in [0.4, 0.5) is 0 Å². The fraction of sp³-hybridized carbons (Fsp3) is 1.00. The molecule has 0 radical (unpaired) electrons. The maximum atomic E-state index is 11.5. The van der Waals surface area contributed by atoms with E-state index in [1.165, 1.54) is 0 Å². The molecule has 2 aliphatic heterocycles. The van der Waals surface area contributed by atoms with Crippen LogP contribution in [-0.4, -0.2) is 70.3 Å². The third-order valence-corrected chi connectivity index (χ3v) is 5.64. The van der Waals surface area contributed by atoms with Crippen molar-refractivity contribution in [1.82, 2.24) is 10.2 Å². The zero-order valence-corrected chi connectivity index (χ0v) is 11.4. The highest BCUT2D eigenvalue weighted by atomic mass is 32.2. The zero-order valence-electron chi connectivity index (χ0n) is 10.6. The van der Waals surface area contributed by atoms with E-state index >= 15 is 0 Å². The standard InChI is InChI=1S/C11H22N2O3S/c1-9-8-17(14,15)4-3-13(9)5-10-6-16-7-11(10)12-2/h9-12H,3-8H2,1-2H3. The lowest BCUT2D eigenvalue weighted by molar-refractivity contribution is 0.154. The molecule has 3 unspecified atom stereocenters. The van der Waals surface area contributed by atoms with Crippen molar-refractivity contribution in [2.45, 2.75) is 19.0 Å². The van der Waals surface area contributed by atoms with Crippen LogP contribution in [0.3, 0.4) is 0 Å². The van der Waals surface area contributed by atoms with Crippen LogP contribution in [0, 0.1) is 5.92 Å². The van der Waals surface area contributed by atoms with Crippen molar-refractivity contribution >= 4 is 9.84 Å². The summed E-state index contributed by atoms with van der Waals surface area (Å²) in [5.74, 6) is 1.07. The summed E-state index contributed by atoms with van der Waals surface area (Å²) in [5, 5.41) is 3.26. The number of ether oxygens (including phenoxy) is 1. The zero-order chi connectivity index (χ0) is 12.5. The summed E-state index contributed by atoms with van der Waals surface area (Å²) in [6.07, 6.45) is 0. The maximum absolute atomic E-state index is 11.5. The predicted octanol–water partition coefficient (Wildman–Crippen LogP) is -0.660. The molecule has 6 heteroatoms. The van der Waals surface area contributed by atoms with Crippen molar-refractivity contribution in [1.29, 1.82) is 0 Å². The van der Waals surface area contributed by atoms with E-state index in [0.29, 0.717) is 30.0 Å². The van der Waals surface area contributed by atoms with Gasteiger partial charge < -0.3 is 10.1 Å². The molecule has 2 heterocycles. The first-order valence-corrected chi connectivity index (χ1v) is 8.03. The quantitative estimate of drug-likeness (QED) is 0.732. The second-order valence-corrected chi connectivity index (χ2v) is 7.38. The molecular weight excluding hydrogens is 240 g/mol. The molecular formula is C11H22N2O3S. The maximum Gasteiger partial charge on any atom is 0.153 e. The van der Waals surface area contributed by atoms with E-state index in [4.69, 9.17) is 4.74 Å². The summed E-state index contributed by atoms with van der Waals surface area (Å²) in [7, 11) is -0.851. The number of hydrogen-bond donors (Lipinski definition) is 1. The Balaban J connectivity index is 1.91. The summed E-state index contributed by atoms with van der Waals surface area (Å²) < 4.78 is 28.5. The third-order valence-electron chi connectivity index (χ3n) is 3.85. The Morgan fingerprint density at radius 1 is 1.41 bits per heavy atom. The lowest BCUT2D eigenvalue weighted by Crippen LogP contribution is -2.50. The van der Waals surface area contributed by atoms with E-state index in [-0.39, 0.29) is 6.04 Å². The highest BCUT2D eigenvalue weighted by Gasteiger charge is 2.33. The second kappa shape index (κ2) is 5.22. The Bertz CT molecular complexity index is 358. The molecule has 17 heavy (non-hydrogen) atoms. The monoisotopic (exact) mass is 262 g/mol. The van der Waals surface area contributed by atoms with Crippen LogP contribution in [0.15, 0.2) is 0 Å². The van der Waals surface area contributed by atoms with Crippen molar-refractivity contribution in [3.8, 4) is 0 Å². The van der Waals surface area contributed by atoms with E-state index in [9.17, 15) is 8.42 Å². The Hall–Kier alpha value is -0.170. The van der Waals surface area contributed by atoms with Crippen LogP contribution in [-0.2, 0) is 14.6 Å². The number of likely N-dealkylation sites (N-methyl/N-ethyl adjacent to an activating group) is 1. The van der Waals surface area contributed by atoms with Crippen molar-refractivity contribution < 1.29 is 13.2 Å². The van der Waals surface area contributed by atoms with Gasteiger partial charge in [-0.15, -0.1) is 0 Å². The van der Waals surface area contributed by atoms with Gasteiger partial charge in [0.1, 0.15) is 0 Å². The van der Waals surface area contributed by atoms with Crippen molar-refractivity contribution in [3.05, 3.63) is 0 Å². The Morgan fingerprint density at radius 2 is 2.18 bits per heavy atom. The van der Waals surface area contributed by atoms with Gasteiger partial charge in [-0.3, -0.25) is 4.90 Å². The highest BCUT2D eigenvalue weighted by Crippen LogP contribution is 2.19. The minimum Gasteiger partial charge on any atom is -0.379 e. The molecule has 0 amide bonds. The SMILES string of the molecule is CNC1COCC1CN1CCS(=O)(=O)CC1C. The molecule has 0 aromatic rings. The lowest BCUT2D eigenvalue weighted by atomic mass is 10.0. The molecule has 3 atom stereocenters. The molecule has 0 bridgehead atoms. The first-order valence-electron chi connectivity index (χ1n) is 6.21. The van der Waals surface area contributed by atoms with Gasteiger partial charge in [-0.05, 0) is 14.0 Å². The van der Waals surface area contributed by atoms with Crippen LogP contribution in [0.25, 0.3) is 0 Å². The van der Waals surface area contributed by atoms with Gasteiger partial charge in [0.05, 0.1) is 24.7 Å². The summed E-state index contributed by atoms with van der Waals surface area (Å²) in [4.78, 5) is 2.28. The first-order chi connectivity index (χ1) is 8.02. The van der Waals surface area contributed by atoms with Crippen LogP contribution in [0.1, 0.15) is 6.92 Å². The van der Waals surface area contributed by atoms with Gasteiger partial charge in [0.2, 0.25) is 0 Å². The predicted molar refractivity (Wildman–Crippen MR) is 66.8 cm³/mol. The molecule has 0 spiro atoms. The molecule has 0 saturated carbocycles. The molecule has 1 N–H and O–H groups in total. The molecule has 2 rings (SSSR count). The minimum absolute atomic E-state index is 0.131. The van der Waals surface area contributed by atoms with Gasteiger partial charge in [0, 0.05) is 31.1 Å². The molecule has 5 nitrogen and oxygen atoms in total. The second-order valence-electron chi connectivity index (χ2n) is 5.15. The van der Waals surface area contributed by atoms with Gasteiger partial charge in [-0.2, -0.15) is 0 Å². The van der Waals surface area contributed by atoms with E-state index in [0.717, 1.165) is 19.8 Å². The van der Waals surface area contributed by atoms with E-state index < -0.39 is 9.84 Å². The minimum atomic E-state index is -2.81. The van der Waals surface area contributed by atoms with E-state index in [1.807, 2.05) is 14.0 Å². The first kappa shape index (κ1) is 13.3. The number of hydrogen-bond acceptors (Lipinski definition) is 5. The number of rotatable bonds is 3. The summed E-state index contributed by atoms with van der Waals surface area (Å²) >= 11 is 0. The van der Waals surface area contributed by atoms with Gasteiger partial charge in [0.25, 0.3) is 0 Å². The molecule has 0 aliphatic carbocycles. The molecule has 0 aromatic carbocycles. The van der Waals surface area contributed by atoms with Gasteiger partial charge in [-0.25, -0.2) is 8.42 Å². The Morgan fingerprint density at radius 3 is 2.82 bits per heavy atom. The van der Waals surface area contributed by atoms with Crippen molar-refractivity contribution in [2.75, 3.05) is 44.9 Å². The fourth-order valence-corrected chi connectivity index (χ4v) is 4.33. The van der Waals surface area contributed by atoms with Crippen LogP contribution < -0.4 is 5.32 Å². The Labute approximate surface area is 103 Å². The van der Waals surface area contributed by atoms with Gasteiger partial charge >= 0.3 is 0 Å². The summed E-state index contributed by atoms with van der Waals surface area (Å²) in [5.41, 5.74) is 0. The van der Waals surface area contributed by atoms with Crippen LogP contribution in [0.2, 0.25) is 0 Å². The largest absolute Gasteiger partial charge is 0.379 e.